The molecule has 0 bridgehead atoms. The van der Waals surface area contributed by atoms with Gasteiger partial charge in [-0.2, -0.15) is 0 Å². The molecule has 1 aliphatic rings. The Labute approximate surface area is 123 Å². The summed E-state index contributed by atoms with van der Waals surface area (Å²) in [6.45, 7) is 3.54. The number of piperidine rings is 1. The van der Waals surface area contributed by atoms with E-state index >= 15 is 0 Å². The number of hydrogen-bond donors (Lipinski definition) is 1. The Balaban J connectivity index is 2.17. The van der Waals surface area contributed by atoms with E-state index < -0.39 is 11.4 Å². The van der Waals surface area contributed by atoms with Crippen molar-refractivity contribution in [1.29, 1.82) is 0 Å². The molecule has 2 rings (SSSR count). The van der Waals surface area contributed by atoms with E-state index in [9.17, 15) is 20.0 Å². The van der Waals surface area contributed by atoms with Gasteiger partial charge in [-0.25, -0.2) is 0 Å². The van der Waals surface area contributed by atoms with E-state index in [2.05, 4.69) is 0 Å². The van der Waals surface area contributed by atoms with Gasteiger partial charge in [0, 0.05) is 24.7 Å². The van der Waals surface area contributed by atoms with Gasteiger partial charge in [-0.15, -0.1) is 0 Å². The molecular formula is C15H20N2O4. The molecule has 0 amide bonds. The standard InChI is InChI=1S/C15H20N2O4/c1-2-15(14(18)19)8-5-9-16(11-15)10-12-6-3-4-7-13(12)17(20)21/h3-4,6-7H,2,5,8-11H2,1H3,(H,18,19). The van der Waals surface area contributed by atoms with E-state index in [0.717, 1.165) is 13.0 Å². The summed E-state index contributed by atoms with van der Waals surface area (Å²) in [6, 6.07) is 6.65. The van der Waals surface area contributed by atoms with Crippen LogP contribution in [0.4, 0.5) is 5.69 Å². The maximum Gasteiger partial charge on any atom is 0.310 e. The van der Waals surface area contributed by atoms with Crippen LogP contribution in [-0.2, 0) is 11.3 Å². The first kappa shape index (κ1) is 15.4. The summed E-state index contributed by atoms with van der Waals surface area (Å²) in [5, 5.41) is 20.5. The molecule has 1 aromatic carbocycles. The van der Waals surface area contributed by atoms with Crippen molar-refractivity contribution in [2.45, 2.75) is 32.7 Å². The Hall–Kier alpha value is -1.95. The van der Waals surface area contributed by atoms with E-state index in [-0.39, 0.29) is 10.6 Å². The molecule has 0 aromatic heterocycles. The van der Waals surface area contributed by atoms with Gasteiger partial charge in [0.05, 0.1) is 10.3 Å². The quantitative estimate of drug-likeness (QED) is 0.666. The van der Waals surface area contributed by atoms with Crippen molar-refractivity contribution >= 4 is 11.7 Å². The predicted octanol–water partition coefficient (Wildman–Crippen LogP) is 2.67. The molecule has 1 atom stereocenters. The fourth-order valence-corrected chi connectivity index (χ4v) is 3.04. The lowest BCUT2D eigenvalue weighted by atomic mass is 9.77. The topological polar surface area (TPSA) is 83.7 Å². The van der Waals surface area contributed by atoms with Crippen LogP contribution in [0.3, 0.4) is 0 Å². The Morgan fingerprint density at radius 1 is 1.48 bits per heavy atom. The number of likely N-dealkylation sites (tertiary alicyclic amines) is 1. The Kier molecular flexibility index (Phi) is 4.57. The molecule has 114 valence electrons. The molecular weight excluding hydrogens is 272 g/mol. The van der Waals surface area contributed by atoms with Crippen LogP contribution < -0.4 is 0 Å². The number of nitro benzene ring substituents is 1. The molecule has 0 saturated carbocycles. The first-order chi connectivity index (χ1) is 9.98. The fourth-order valence-electron chi connectivity index (χ4n) is 3.04. The van der Waals surface area contributed by atoms with Crippen LogP contribution >= 0.6 is 0 Å². The van der Waals surface area contributed by atoms with Gasteiger partial charge in [0.15, 0.2) is 0 Å². The third kappa shape index (κ3) is 3.21. The zero-order chi connectivity index (χ0) is 15.5. The molecule has 0 spiro atoms. The number of hydrogen-bond acceptors (Lipinski definition) is 4. The molecule has 1 aliphatic heterocycles. The fraction of sp³-hybridized carbons (Fsp3) is 0.533. The van der Waals surface area contributed by atoms with Crippen molar-refractivity contribution in [3.8, 4) is 0 Å². The summed E-state index contributed by atoms with van der Waals surface area (Å²) in [6.07, 6.45) is 2.06. The van der Waals surface area contributed by atoms with Crippen LogP contribution in [0.25, 0.3) is 0 Å². The van der Waals surface area contributed by atoms with Gasteiger partial charge in [0.25, 0.3) is 5.69 Å². The van der Waals surface area contributed by atoms with Crippen LogP contribution in [-0.4, -0.2) is 34.0 Å². The minimum absolute atomic E-state index is 0.0977. The lowest BCUT2D eigenvalue weighted by molar-refractivity contribution is -0.385. The SMILES string of the molecule is CCC1(C(=O)O)CCCN(Cc2ccccc2[N+](=O)[O-])C1. The van der Waals surface area contributed by atoms with Crippen LogP contribution in [0.1, 0.15) is 31.7 Å². The summed E-state index contributed by atoms with van der Waals surface area (Å²) in [7, 11) is 0. The van der Waals surface area contributed by atoms with E-state index in [0.29, 0.717) is 31.5 Å². The highest BCUT2D eigenvalue weighted by Gasteiger charge is 2.40. The number of nitrogens with zero attached hydrogens (tertiary/aromatic N) is 2. The van der Waals surface area contributed by atoms with E-state index in [1.165, 1.54) is 6.07 Å². The molecule has 0 aliphatic carbocycles. The average molecular weight is 292 g/mol. The number of carboxylic acid groups (broad SMARTS) is 1. The molecule has 6 heteroatoms. The van der Waals surface area contributed by atoms with E-state index in [1.54, 1.807) is 18.2 Å². The van der Waals surface area contributed by atoms with E-state index in [1.807, 2.05) is 11.8 Å². The van der Waals surface area contributed by atoms with Gasteiger partial charge in [-0.1, -0.05) is 25.1 Å². The zero-order valence-electron chi connectivity index (χ0n) is 12.1. The molecule has 21 heavy (non-hydrogen) atoms. The third-order valence-electron chi connectivity index (χ3n) is 4.37. The van der Waals surface area contributed by atoms with Gasteiger partial charge >= 0.3 is 5.97 Å². The minimum atomic E-state index is -0.766. The second-order valence-corrected chi connectivity index (χ2v) is 5.64. The highest BCUT2D eigenvalue weighted by Crippen LogP contribution is 2.34. The number of carbonyl (C=O) groups is 1. The van der Waals surface area contributed by atoms with Crippen LogP contribution in [0, 0.1) is 15.5 Å². The number of aliphatic carboxylic acids is 1. The normalized spacial score (nSPS) is 22.9. The largest absolute Gasteiger partial charge is 0.481 e. The molecule has 1 heterocycles. The molecule has 6 nitrogen and oxygen atoms in total. The third-order valence-corrected chi connectivity index (χ3v) is 4.37. The Bertz CT molecular complexity index is 546. The van der Waals surface area contributed by atoms with E-state index in [4.69, 9.17) is 0 Å². The van der Waals surface area contributed by atoms with Gasteiger partial charge in [-0.3, -0.25) is 19.8 Å². The molecule has 1 aromatic rings. The summed E-state index contributed by atoms with van der Waals surface area (Å²) in [5.41, 5.74) is 0.0160. The zero-order valence-corrected chi connectivity index (χ0v) is 12.1. The second-order valence-electron chi connectivity index (χ2n) is 5.64. The molecule has 0 radical (unpaired) electrons. The predicted molar refractivity (Wildman–Crippen MR) is 78.0 cm³/mol. The number of rotatable bonds is 5. The first-order valence-corrected chi connectivity index (χ1v) is 7.16. The number of nitro groups is 1. The summed E-state index contributed by atoms with van der Waals surface area (Å²) < 4.78 is 0. The summed E-state index contributed by atoms with van der Waals surface area (Å²) >= 11 is 0. The van der Waals surface area contributed by atoms with Gasteiger partial charge in [0.1, 0.15) is 0 Å². The average Bonchev–Trinajstić information content (AvgIpc) is 2.47. The molecule has 1 unspecified atom stereocenters. The van der Waals surface area contributed by atoms with Crippen molar-refractivity contribution in [1.82, 2.24) is 4.90 Å². The Morgan fingerprint density at radius 3 is 2.81 bits per heavy atom. The monoisotopic (exact) mass is 292 g/mol. The van der Waals surface area contributed by atoms with Crippen LogP contribution in [0.2, 0.25) is 0 Å². The Morgan fingerprint density at radius 2 is 2.19 bits per heavy atom. The van der Waals surface area contributed by atoms with Gasteiger partial charge in [-0.05, 0) is 25.8 Å². The first-order valence-electron chi connectivity index (χ1n) is 7.16. The molecule has 1 saturated heterocycles. The summed E-state index contributed by atoms with van der Waals surface area (Å²) in [5.74, 6) is -0.766. The molecule has 1 N–H and O–H groups in total. The molecule has 1 fully saturated rings. The minimum Gasteiger partial charge on any atom is -0.481 e. The number of benzene rings is 1. The second kappa shape index (κ2) is 6.22. The maximum absolute atomic E-state index is 11.5. The van der Waals surface area contributed by atoms with Gasteiger partial charge < -0.3 is 5.11 Å². The van der Waals surface area contributed by atoms with Crippen molar-refractivity contribution in [3.05, 3.63) is 39.9 Å². The van der Waals surface area contributed by atoms with Gasteiger partial charge in [0.2, 0.25) is 0 Å². The van der Waals surface area contributed by atoms with Crippen LogP contribution in [0.15, 0.2) is 24.3 Å². The smallest absolute Gasteiger partial charge is 0.310 e. The summed E-state index contributed by atoms with van der Waals surface area (Å²) in [4.78, 5) is 24.2. The van der Waals surface area contributed by atoms with Crippen LogP contribution in [0.5, 0.6) is 0 Å². The lowest BCUT2D eigenvalue weighted by Gasteiger charge is -2.39. The van der Waals surface area contributed by atoms with Crippen molar-refractivity contribution < 1.29 is 14.8 Å². The number of para-hydroxylation sites is 1. The highest BCUT2D eigenvalue weighted by atomic mass is 16.6. The highest BCUT2D eigenvalue weighted by molar-refractivity contribution is 5.75. The lowest BCUT2D eigenvalue weighted by Crippen LogP contribution is -2.47. The maximum atomic E-state index is 11.5. The van der Waals surface area contributed by atoms with Crippen molar-refractivity contribution in [3.63, 3.8) is 0 Å². The van der Waals surface area contributed by atoms with Crippen molar-refractivity contribution in [2.24, 2.45) is 5.41 Å². The van der Waals surface area contributed by atoms with Crippen molar-refractivity contribution in [2.75, 3.05) is 13.1 Å². The number of carboxylic acids is 1.